The summed E-state index contributed by atoms with van der Waals surface area (Å²) in [4.78, 5) is -0.566. The zero-order chi connectivity index (χ0) is 37.7. The molecule has 0 N–H and O–H groups in total. The summed E-state index contributed by atoms with van der Waals surface area (Å²) in [6.07, 6.45) is 19.8. The van der Waals surface area contributed by atoms with Crippen LogP contribution in [0.4, 0.5) is 0 Å². The molecule has 0 heterocycles. The normalized spacial score (nSPS) is 11.2. The number of ether oxygens (including phenoxy) is 2. The molecule has 4 aromatic rings. The maximum absolute atomic E-state index is 11.1. The molecule has 0 bridgehead atoms. The minimum atomic E-state index is -4.48. The third-order valence-corrected chi connectivity index (χ3v) is 10.3. The van der Waals surface area contributed by atoms with Gasteiger partial charge in [-0.1, -0.05) is 127 Å². The third-order valence-electron chi connectivity index (χ3n) is 8.59. The molecule has 4 rings (SSSR count). The van der Waals surface area contributed by atoms with Crippen molar-refractivity contribution in [2.24, 2.45) is 0 Å². The Kier molecular flexibility index (Phi) is 22.6. The average Bonchev–Trinajstić information content (AvgIpc) is 3.11. The van der Waals surface area contributed by atoms with Gasteiger partial charge in [-0.05, 0) is 97.5 Å². The fourth-order valence-electron chi connectivity index (χ4n) is 5.76. The summed E-state index contributed by atoms with van der Waals surface area (Å²) in [5, 5.41) is 0. The van der Waals surface area contributed by atoms with Gasteiger partial charge in [0, 0.05) is 0 Å². The van der Waals surface area contributed by atoms with Crippen LogP contribution in [0.15, 0.2) is 107 Å². The molecule has 0 aliphatic rings. The van der Waals surface area contributed by atoms with E-state index in [0.29, 0.717) is 23.0 Å². The van der Waals surface area contributed by atoms with Gasteiger partial charge < -0.3 is 18.6 Å². The first-order valence-electron chi connectivity index (χ1n) is 18.6. The summed E-state index contributed by atoms with van der Waals surface area (Å²) in [6, 6.07) is 26.9. The Balaban J connectivity index is 0.000000360. The van der Waals surface area contributed by atoms with Gasteiger partial charge in [0.1, 0.15) is 43.2 Å². The Labute approximate surface area is 348 Å². The molecular formula is C42H54CaO8S2. The maximum atomic E-state index is 11.1. The molecule has 11 heteroatoms. The van der Waals surface area contributed by atoms with Crippen molar-refractivity contribution < 1.29 is 35.4 Å². The molecule has 0 unspecified atom stereocenters. The van der Waals surface area contributed by atoms with E-state index in [2.05, 4.69) is 26.0 Å². The largest absolute Gasteiger partial charge is 2.00 e. The van der Waals surface area contributed by atoms with Crippen molar-refractivity contribution in [1.82, 2.24) is 0 Å². The minimum absolute atomic E-state index is 0. The summed E-state index contributed by atoms with van der Waals surface area (Å²) in [6.45, 7) is 4.45. The van der Waals surface area contributed by atoms with Gasteiger partial charge in [-0.25, -0.2) is 16.8 Å². The van der Waals surface area contributed by atoms with Crippen LogP contribution in [-0.4, -0.2) is 63.7 Å². The third kappa shape index (κ3) is 19.6. The number of aryl methyl sites for hydroxylation is 2. The molecule has 0 spiro atoms. The van der Waals surface area contributed by atoms with Crippen LogP contribution in [0, 0.1) is 0 Å². The van der Waals surface area contributed by atoms with E-state index in [1.165, 1.54) is 125 Å². The number of hydrogen-bond acceptors (Lipinski definition) is 8. The standard InChI is InChI=1S/2C21H28O4S.Ca/c2*1-2-3-4-5-6-7-8-11-18-12-9-13-19(16-18)25-20-14-10-15-21(17-20)26(22,23)24;/h2*9-10,12-17H,2-8,11H2,1H3,(H,22,23,24);/q;;+2/p-2. The van der Waals surface area contributed by atoms with E-state index in [1.807, 2.05) is 36.4 Å². The fraction of sp³-hybridized carbons (Fsp3) is 0.429. The van der Waals surface area contributed by atoms with E-state index in [-0.39, 0.29) is 47.5 Å². The van der Waals surface area contributed by atoms with E-state index in [1.54, 1.807) is 12.1 Å². The molecule has 0 saturated heterocycles. The van der Waals surface area contributed by atoms with Crippen LogP contribution >= 0.6 is 0 Å². The van der Waals surface area contributed by atoms with Crippen molar-refractivity contribution in [3.63, 3.8) is 0 Å². The molecule has 0 aliphatic heterocycles. The second-order valence-electron chi connectivity index (χ2n) is 13.1. The summed E-state index contributed by atoms with van der Waals surface area (Å²) >= 11 is 0. The van der Waals surface area contributed by atoms with Crippen LogP contribution in [0.2, 0.25) is 0 Å². The summed E-state index contributed by atoms with van der Waals surface area (Å²) < 4.78 is 78.1. The smallest absolute Gasteiger partial charge is 0.744 e. The minimum Gasteiger partial charge on any atom is -0.744 e. The van der Waals surface area contributed by atoms with Crippen LogP contribution in [0.3, 0.4) is 0 Å². The molecule has 4 aromatic carbocycles. The molecule has 0 aromatic heterocycles. The Morgan fingerprint density at radius 3 is 1.08 bits per heavy atom. The Bertz CT molecular complexity index is 1710. The van der Waals surface area contributed by atoms with E-state index in [9.17, 15) is 25.9 Å². The van der Waals surface area contributed by atoms with Gasteiger partial charge in [0.25, 0.3) is 0 Å². The molecule has 8 nitrogen and oxygen atoms in total. The van der Waals surface area contributed by atoms with Crippen LogP contribution in [0.5, 0.6) is 23.0 Å². The van der Waals surface area contributed by atoms with E-state index in [0.717, 1.165) is 25.7 Å². The molecule has 53 heavy (non-hydrogen) atoms. The Morgan fingerprint density at radius 2 is 0.736 bits per heavy atom. The summed E-state index contributed by atoms with van der Waals surface area (Å²) in [7, 11) is -8.96. The molecule has 0 saturated carbocycles. The number of rotatable bonds is 22. The van der Waals surface area contributed by atoms with E-state index in [4.69, 9.17) is 9.47 Å². The molecule has 284 valence electrons. The maximum Gasteiger partial charge on any atom is 2.00 e. The Morgan fingerprint density at radius 1 is 0.434 bits per heavy atom. The van der Waals surface area contributed by atoms with Crippen molar-refractivity contribution in [3.05, 3.63) is 108 Å². The van der Waals surface area contributed by atoms with Crippen molar-refractivity contribution in [2.75, 3.05) is 0 Å². The van der Waals surface area contributed by atoms with Gasteiger partial charge in [-0.2, -0.15) is 0 Å². The number of hydrogen-bond donors (Lipinski definition) is 0. The van der Waals surface area contributed by atoms with Gasteiger partial charge >= 0.3 is 37.7 Å². The first-order valence-corrected chi connectivity index (χ1v) is 21.4. The van der Waals surface area contributed by atoms with Crippen molar-refractivity contribution in [3.8, 4) is 23.0 Å². The predicted octanol–water partition coefficient (Wildman–Crippen LogP) is 11.0. The van der Waals surface area contributed by atoms with Crippen molar-refractivity contribution in [2.45, 2.75) is 126 Å². The molecule has 0 radical (unpaired) electrons. The van der Waals surface area contributed by atoms with Crippen molar-refractivity contribution in [1.29, 1.82) is 0 Å². The van der Waals surface area contributed by atoms with Crippen LogP contribution < -0.4 is 9.47 Å². The molecule has 0 amide bonds. The second kappa shape index (κ2) is 25.6. The predicted molar refractivity (Wildman–Crippen MR) is 211 cm³/mol. The van der Waals surface area contributed by atoms with Crippen molar-refractivity contribution >= 4 is 58.0 Å². The van der Waals surface area contributed by atoms with E-state index >= 15 is 0 Å². The molecule has 0 atom stereocenters. The topological polar surface area (TPSA) is 133 Å². The summed E-state index contributed by atoms with van der Waals surface area (Å²) in [5.74, 6) is 1.97. The number of unbranched alkanes of at least 4 members (excludes halogenated alkanes) is 12. The van der Waals surface area contributed by atoms with Crippen LogP contribution in [0.25, 0.3) is 0 Å². The zero-order valence-corrected chi connectivity index (χ0v) is 35.2. The second-order valence-corrected chi connectivity index (χ2v) is 15.9. The summed E-state index contributed by atoms with van der Waals surface area (Å²) in [5.41, 5.74) is 2.40. The zero-order valence-electron chi connectivity index (χ0n) is 31.3. The van der Waals surface area contributed by atoms with E-state index < -0.39 is 20.2 Å². The van der Waals surface area contributed by atoms with Gasteiger partial charge in [-0.3, -0.25) is 0 Å². The van der Waals surface area contributed by atoms with Gasteiger partial charge in [-0.15, -0.1) is 0 Å². The molecule has 0 aliphatic carbocycles. The molecular weight excluding hydrogens is 737 g/mol. The quantitative estimate of drug-likeness (QED) is 0.0436. The number of benzene rings is 4. The Hall–Kier alpha value is -2.44. The fourth-order valence-corrected chi connectivity index (χ4v) is 6.77. The first kappa shape index (κ1) is 46.7. The van der Waals surface area contributed by atoms with Crippen LogP contribution in [-0.2, 0) is 33.1 Å². The average molecular weight is 791 g/mol. The van der Waals surface area contributed by atoms with Gasteiger partial charge in [0.15, 0.2) is 0 Å². The van der Waals surface area contributed by atoms with Gasteiger partial charge in [0.05, 0.1) is 9.79 Å². The first-order chi connectivity index (χ1) is 25.0. The van der Waals surface area contributed by atoms with Crippen LogP contribution in [0.1, 0.15) is 115 Å². The monoisotopic (exact) mass is 790 g/mol. The SMILES string of the molecule is CCCCCCCCCc1cccc(Oc2cccc(S(=O)(=O)[O-])c2)c1.CCCCCCCCCc1cccc(Oc2cccc(S(=O)(=O)[O-])c2)c1.[Ca+2]. The molecule has 0 fully saturated rings. The van der Waals surface area contributed by atoms with Gasteiger partial charge in [0.2, 0.25) is 0 Å².